The number of rotatable bonds is 8. The summed E-state index contributed by atoms with van der Waals surface area (Å²) in [6.07, 6.45) is 6.45. The van der Waals surface area contributed by atoms with E-state index in [9.17, 15) is 0 Å². The van der Waals surface area contributed by atoms with Crippen LogP contribution < -0.4 is 15.4 Å². The maximum atomic E-state index is 5.78. The first-order valence-corrected chi connectivity index (χ1v) is 8.36. The van der Waals surface area contributed by atoms with Crippen LogP contribution in [0.4, 0.5) is 5.69 Å². The minimum atomic E-state index is 0.619. The van der Waals surface area contributed by atoms with Crippen LogP contribution in [0.25, 0.3) is 0 Å². The van der Waals surface area contributed by atoms with Crippen LogP contribution in [0.3, 0.4) is 0 Å². The van der Waals surface area contributed by atoms with Gasteiger partial charge in [0, 0.05) is 12.7 Å². The van der Waals surface area contributed by atoms with E-state index in [0.717, 1.165) is 43.9 Å². The molecule has 0 radical (unpaired) electrons. The van der Waals surface area contributed by atoms with Gasteiger partial charge in [-0.1, -0.05) is 25.1 Å². The van der Waals surface area contributed by atoms with Crippen molar-refractivity contribution in [2.24, 2.45) is 0 Å². The van der Waals surface area contributed by atoms with Gasteiger partial charge >= 0.3 is 0 Å². The van der Waals surface area contributed by atoms with E-state index in [2.05, 4.69) is 34.7 Å². The van der Waals surface area contributed by atoms with Crippen LogP contribution in [0.15, 0.2) is 48.8 Å². The largest absolute Gasteiger partial charge is 0.493 e. The number of hydrogen-bond donors (Lipinski definition) is 2. The fourth-order valence-corrected chi connectivity index (χ4v) is 2.38. The molecule has 0 spiro atoms. The Kier molecular flexibility index (Phi) is 7.33. The van der Waals surface area contributed by atoms with E-state index in [-0.39, 0.29) is 0 Å². The van der Waals surface area contributed by atoms with E-state index in [4.69, 9.17) is 17.0 Å². The number of para-hydroxylation sites is 1. The highest BCUT2D eigenvalue weighted by Gasteiger charge is 2.03. The van der Waals surface area contributed by atoms with E-state index in [1.165, 1.54) is 5.56 Å². The standard InChI is InChI=1S/C18H23N3OS/c1-2-13-22-17-10-4-3-7-15(17)8-5-12-20-18(23)21-16-9-6-11-19-14-16/h3-4,6-7,9-11,14H,2,5,8,12-13H2,1H3,(H2,20,21,23). The first kappa shape index (κ1) is 17.2. The topological polar surface area (TPSA) is 46.2 Å². The van der Waals surface area contributed by atoms with Gasteiger partial charge in [-0.3, -0.25) is 4.98 Å². The zero-order valence-corrected chi connectivity index (χ0v) is 14.2. The van der Waals surface area contributed by atoms with Crippen LogP contribution in [0.1, 0.15) is 25.3 Å². The van der Waals surface area contributed by atoms with E-state index in [0.29, 0.717) is 5.11 Å². The number of ether oxygens (including phenoxy) is 1. The van der Waals surface area contributed by atoms with E-state index < -0.39 is 0 Å². The molecule has 5 heteroatoms. The number of thiocarbonyl (C=S) groups is 1. The normalized spacial score (nSPS) is 10.1. The van der Waals surface area contributed by atoms with Crippen LogP contribution in [0, 0.1) is 0 Å². The molecule has 2 N–H and O–H groups in total. The number of aryl methyl sites for hydroxylation is 1. The van der Waals surface area contributed by atoms with E-state index >= 15 is 0 Å². The summed E-state index contributed by atoms with van der Waals surface area (Å²) >= 11 is 5.27. The van der Waals surface area contributed by atoms with Gasteiger partial charge in [-0.2, -0.15) is 0 Å². The second-order valence-electron chi connectivity index (χ2n) is 5.18. The molecule has 4 nitrogen and oxygen atoms in total. The smallest absolute Gasteiger partial charge is 0.170 e. The molecule has 0 aliphatic rings. The van der Waals surface area contributed by atoms with Crippen LogP contribution in [-0.2, 0) is 6.42 Å². The molecule has 0 unspecified atom stereocenters. The second kappa shape index (κ2) is 9.79. The SMILES string of the molecule is CCCOc1ccccc1CCCNC(=S)Nc1cccnc1. The third-order valence-corrected chi connectivity index (χ3v) is 3.51. The van der Waals surface area contributed by atoms with Crippen molar-refractivity contribution in [2.75, 3.05) is 18.5 Å². The summed E-state index contributed by atoms with van der Waals surface area (Å²) in [6.45, 7) is 3.69. The quantitative estimate of drug-likeness (QED) is 0.570. The molecule has 0 fully saturated rings. The Morgan fingerprint density at radius 3 is 2.87 bits per heavy atom. The van der Waals surface area contributed by atoms with Gasteiger partial charge in [0.05, 0.1) is 18.5 Å². The molecule has 0 aliphatic heterocycles. The third kappa shape index (κ3) is 6.24. The van der Waals surface area contributed by atoms with Crippen molar-refractivity contribution in [3.63, 3.8) is 0 Å². The lowest BCUT2D eigenvalue weighted by atomic mass is 10.1. The fraction of sp³-hybridized carbons (Fsp3) is 0.333. The van der Waals surface area contributed by atoms with Crippen molar-refractivity contribution in [3.05, 3.63) is 54.4 Å². The average molecular weight is 329 g/mol. The zero-order valence-electron chi connectivity index (χ0n) is 13.4. The Hall–Kier alpha value is -2.14. The molecular formula is C18H23N3OS. The molecule has 122 valence electrons. The van der Waals surface area contributed by atoms with Gasteiger partial charge < -0.3 is 15.4 Å². The zero-order chi connectivity index (χ0) is 16.3. The maximum Gasteiger partial charge on any atom is 0.170 e. The summed E-state index contributed by atoms with van der Waals surface area (Å²) in [6, 6.07) is 12.0. The highest BCUT2D eigenvalue weighted by molar-refractivity contribution is 7.80. The minimum Gasteiger partial charge on any atom is -0.493 e. The van der Waals surface area contributed by atoms with Gasteiger partial charge in [0.15, 0.2) is 5.11 Å². The second-order valence-corrected chi connectivity index (χ2v) is 5.59. The van der Waals surface area contributed by atoms with Crippen molar-refractivity contribution in [2.45, 2.75) is 26.2 Å². The lowest BCUT2D eigenvalue weighted by molar-refractivity contribution is 0.314. The van der Waals surface area contributed by atoms with Gasteiger partial charge in [-0.25, -0.2) is 0 Å². The number of nitrogens with zero attached hydrogens (tertiary/aromatic N) is 1. The van der Waals surface area contributed by atoms with Crippen LogP contribution >= 0.6 is 12.2 Å². The Morgan fingerprint density at radius 1 is 1.22 bits per heavy atom. The van der Waals surface area contributed by atoms with Gasteiger partial charge in [-0.15, -0.1) is 0 Å². The average Bonchev–Trinajstić information content (AvgIpc) is 2.58. The fourth-order valence-electron chi connectivity index (χ4n) is 2.16. The molecule has 1 aromatic carbocycles. The summed E-state index contributed by atoms with van der Waals surface area (Å²) in [5.41, 5.74) is 2.14. The first-order valence-electron chi connectivity index (χ1n) is 7.95. The van der Waals surface area contributed by atoms with Crippen molar-refractivity contribution in [1.29, 1.82) is 0 Å². The summed E-state index contributed by atoms with van der Waals surface area (Å²) in [5.74, 6) is 0.991. The number of hydrogen-bond acceptors (Lipinski definition) is 3. The first-order chi connectivity index (χ1) is 11.3. The van der Waals surface area contributed by atoms with Crippen LogP contribution in [-0.4, -0.2) is 23.2 Å². The molecule has 0 aliphatic carbocycles. The molecule has 0 bridgehead atoms. The molecule has 1 aromatic heterocycles. The van der Waals surface area contributed by atoms with Crippen LogP contribution in [0.2, 0.25) is 0 Å². The number of anilines is 1. The van der Waals surface area contributed by atoms with Gasteiger partial charge in [0.2, 0.25) is 0 Å². The van der Waals surface area contributed by atoms with Crippen molar-refractivity contribution >= 4 is 23.0 Å². The lowest BCUT2D eigenvalue weighted by Gasteiger charge is -2.12. The molecule has 0 amide bonds. The number of nitrogens with one attached hydrogen (secondary N) is 2. The number of pyridine rings is 1. The molecule has 1 heterocycles. The summed E-state index contributed by atoms with van der Waals surface area (Å²) in [5, 5.41) is 6.95. The van der Waals surface area contributed by atoms with Crippen LogP contribution in [0.5, 0.6) is 5.75 Å². The maximum absolute atomic E-state index is 5.78. The molecular weight excluding hydrogens is 306 g/mol. The minimum absolute atomic E-state index is 0.619. The Morgan fingerprint density at radius 2 is 2.09 bits per heavy atom. The molecule has 23 heavy (non-hydrogen) atoms. The van der Waals surface area contributed by atoms with E-state index in [1.807, 2.05) is 24.3 Å². The third-order valence-electron chi connectivity index (χ3n) is 3.26. The summed E-state index contributed by atoms with van der Waals surface area (Å²) in [4.78, 5) is 4.04. The number of aromatic nitrogens is 1. The van der Waals surface area contributed by atoms with Gasteiger partial charge in [0.25, 0.3) is 0 Å². The van der Waals surface area contributed by atoms with Gasteiger partial charge in [0.1, 0.15) is 5.75 Å². The van der Waals surface area contributed by atoms with Crippen molar-refractivity contribution in [3.8, 4) is 5.75 Å². The van der Waals surface area contributed by atoms with E-state index in [1.54, 1.807) is 12.4 Å². The molecule has 0 saturated heterocycles. The Balaban J connectivity index is 1.72. The van der Waals surface area contributed by atoms with Crippen molar-refractivity contribution < 1.29 is 4.74 Å². The predicted molar refractivity (Wildman–Crippen MR) is 99.0 cm³/mol. The Labute approximate surface area is 143 Å². The molecule has 2 aromatic rings. The monoisotopic (exact) mass is 329 g/mol. The number of benzene rings is 1. The van der Waals surface area contributed by atoms with Crippen molar-refractivity contribution in [1.82, 2.24) is 10.3 Å². The highest BCUT2D eigenvalue weighted by Crippen LogP contribution is 2.19. The lowest BCUT2D eigenvalue weighted by Crippen LogP contribution is -2.29. The molecule has 2 rings (SSSR count). The summed E-state index contributed by atoms with van der Waals surface area (Å²) in [7, 11) is 0. The summed E-state index contributed by atoms with van der Waals surface area (Å²) < 4.78 is 5.78. The predicted octanol–water partition coefficient (Wildman–Crippen LogP) is 3.79. The molecule has 0 atom stereocenters. The highest BCUT2D eigenvalue weighted by atomic mass is 32.1. The van der Waals surface area contributed by atoms with Gasteiger partial charge in [-0.05, 0) is 55.2 Å². The molecule has 0 saturated carbocycles. The Bertz CT molecular complexity index is 604.